The second-order valence-corrected chi connectivity index (χ2v) is 2.20. The van der Waals surface area contributed by atoms with E-state index in [0.29, 0.717) is 5.75 Å². The van der Waals surface area contributed by atoms with Gasteiger partial charge in [0.2, 0.25) is 0 Å². The van der Waals surface area contributed by atoms with Crippen LogP contribution in [-0.4, -0.2) is 18.3 Å². The number of methoxy groups -OCH3 is 1. The molecule has 0 radical (unpaired) electrons. The van der Waals surface area contributed by atoms with E-state index in [9.17, 15) is 5.11 Å². The lowest BCUT2D eigenvalue weighted by atomic mass is 10.1. The van der Waals surface area contributed by atoms with Crippen LogP contribution in [-0.2, 0) is 6.37 Å². The number of rotatable bonds is 3. The Kier molecular flexibility index (Phi) is 1.30. The molecule has 1 rings (SSSR count). The molecule has 0 fully saturated rings. The van der Waals surface area contributed by atoms with Gasteiger partial charge in [0.1, 0.15) is 5.75 Å². The van der Waals surface area contributed by atoms with Crippen molar-refractivity contribution >= 4 is 0 Å². The summed E-state index contributed by atoms with van der Waals surface area (Å²) in [5.74, 6) is 0.469. The van der Waals surface area contributed by atoms with Gasteiger partial charge >= 0.3 is 0 Å². The number of benzene rings is 1. The van der Waals surface area contributed by atoms with E-state index in [1.54, 1.807) is 0 Å². The maximum Gasteiger partial charge on any atom is 0.118 e. The van der Waals surface area contributed by atoms with Gasteiger partial charge in [0, 0.05) is 6.85 Å². The lowest BCUT2D eigenvalue weighted by Gasteiger charge is -2.04. The van der Waals surface area contributed by atoms with Crippen LogP contribution in [0.4, 0.5) is 0 Å². The number of aliphatic hydroxyl groups is 1. The van der Waals surface area contributed by atoms with Crippen LogP contribution in [0.25, 0.3) is 0 Å². The molecule has 1 aromatic rings. The number of hydrogen-bond acceptors (Lipinski definition) is 2. The van der Waals surface area contributed by atoms with Crippen LogP contribution >= 0.6 is 0 Å². The van der Waals surface area contributed by atoms with Gasteiger partial charge in [0.05, 0.1) is 14.6 Å². The Balaban J connectivity index is 3.19. The van der Waals surface area contributed by atoms with Crippen molar-refractivity contribution in [1.29, 1.82) is 0 Å². The largest absolute Gasteiger partial charge is 0.497 e. The van der Waals surface area contributed by atoms with Crippen LogP contribution in [0, 0.1) is 0 Å². The molecular formula is C10H14O2. The summed E-state index contributed by atoms with van der Waals surface area (Å²) in [6.07, 6.45) is -5.96. The molecule has 66 valence electrons. The molecule has 0 saturated carbocycles. The van der Waals surface area contributed by atoms with Gasteiger partial charge in [-0.05, 0) is 30.9 Å². The molecule has 0 aliphatic rings. The fourth-order valence-corrected chi connectivity index (χ4v) is 0.811. The van der Waals surface area contributed by atoms with Crippen molar-refractivity contribution in [2.45, 2.75) is 19.3 Å². The quantitative estimate of drug-likeness (QED) is 0.750. The van der Waals surface area contributed by atoms with Gasteiger partial charge in [-0.1, -0.05) is 12.1 Å². The zero-order valence-corrected chi connectivity index (χ0v) is 6.66. The lowest BCUT2D eigenvalue weighted by molar-refractivity contribution is 0.195. The number of ether oxygens (including phenoxy) is 1. The highest BCUT2D eigenvalue weighted by atomic mass is 16.5. The van der Waals surface area contributed by atoms with Crippen LogP contribution in [0.5, 0.6) is 5.75 Å². The van der Waals surface area contributed by atoms with Crippen molar-refractivity contribution in [1.82, 2.24) is 0 Å². The molecule has 1 atom stereocenters. The average Bonchev–Trinajstić information content (AvgIpc) is 2.27. The van der Waals surface area contributed by atoms with Crippen molar-refractivity contribution in [3.63, 3.8) is 0 Å². The highest BCUT2D eigenvalue weighted by molar-refractivity contribution is 5.27. The predicted molar refractivity (Wildman–Crippen MR) is 48.4 cm³/mol. The molecule has 0 aliphatic carbocycles. The fourth-order valence-electron chi connectivity index (χ4n) is 0.811. The van der Waals surface area contributed by atoms with Crippen LogP contribution in [0.2, 0.25) is 0 Å². The molecule has 2 heteroatoms. The third-order valence-corrected chi connectivity index (χ3v) is 1.35. The Bertz CT molecular complexity index is 409. The van der Waals surface area contributed by atoms with Gasteiger partial charge in [-0.25, -0.2) is 0 Å². The minimum Gasteiger partial charge on any atom is -0.497 e. The maximum absolute atomic E-state index is 9.66. The Morgan fingerprint density at radius 3 is 2.83 bits per heavy atom. The van der Waals surface area contributed by atoms with Crippen LogP contribution in [0.3, 0.4) is 0 Å². The molecule has 0 heterocycles. The Morgan fingerprint density at radius 1 is 1.67 bits per heavy atom. The molecule has 0 aliphatic heterocycles. The molecule has 1 unspecified atom stereocenters. The van der Waals surface area contributed by atoms with E-state index >= 15 is 0 Å². The molecule has 1 N–H and O–H groups in total. The molecule has 12 heavy (non-hydrogen) atoms. The summed E-state index contributed by atoms with van der Waals surface area (Å²) in [5, 5.41) is 9.66. The minimum absolute atomic E-state index is 0.100. The van der Waals surface area contributed by atoms with Gasteiger partial charge < -0.3 is 9.84 Å². The summed E-state index contributed by atoms with van der Waals surface area (Å²) in [5.41, 5.74) is -0.100. The Hall–Kier alpha value is -1.02. The van der Waals surface area contributed by atoms with Crippen LogP contribution in [0.1, 0.15) is 20.6 Å². The topological polar surface area (TPSA) is 29.5 Å². The van der Waals surface area contributed by atoms with E-state index in [1.807, 2.05) is 0 Å². The third kappa shape index (κ3) is 2.55. The van der Waals surface area contributed by atoms with E-state index in [0.717, 1.165) is 0 Å². The first-order valence-electron chi connectivity index (χ1n) is 6.41. The van der Waals surface area contributed by atoms with E-state index < -0.39 is 19.3 Å². The number of hydrogen-bond donors (Lipinski definition) is 1. The summed E-state index contributed by atoms with van der Waals surface area (Å²) in [7, 11) is 1.44. The van der Waals surface area contributed by atoms with Crippen LogP contribution < -0.4 is 4.74 Å². The summed E-state index contributed by atoms with van der Waals surface area (Å²) >= 11 is 0. The van der Waals surface area contributed by atoms with Gasteiger partial charge in [-0.2, -0.15) is 0 Å². The standard InChI is InChI=1S/C10H14O2/c1-8(11)7-9-3-5-10(12-2)6-4-9/h3-6,8,11H,7H2,1-2H3/i1D3,7D2,8D. The highest BCUT2D eigenvalue weighted by Crippen LogP contribution is 2.12. The Labute approximate surface area is 81.2 Å². The molecule has 1 aromatic carbocycles. The predicted octanol–water partition coefficient (Wildman–Crippen LogP) is 1.62. The van der Waals surface area contributed by atoms with Gasteiger partial charge in [-0.3, -0.25) is 0 Å². The summed E-state index contributed by atoms with van der Waals surface area (Å²) in [4.78, 5) is 0. The molecule has 0 bridgehead atoms. The molecule has 2 nitrogen and oxygen atoms in total. The second-order valence-electron chi connectivity index (χ2n) is 2.20. The van der Waals surface area contributed by atoms with Gasteiger partial charge in [0.15, 0.2) is 0 Å². The third-order valence-electron chi connectivity index (χ3n) is 1.35. The molecular weight excluding hydrogens is 152 g/mol. The smallest absolute Gasteiger partial charge is 0.118 e. The van der Waals surface area contributed by atoms with Crippen molar-refractivity contribution < 1.29 is 18.1 Å². The lowest BCUT2D eigenvalue weighted by Crippen LogP contribution is -2.03. The first kappa shape index (κ1) is 3.79. The first-order valence-corrected chi connectivity index (χ1v) is 3.41. The van der Waals surface area contributed by atoms with Gasteiger partial charge in [0.25, 0.3) is 0 Å². The maximum atomic E-state index is 9.66. The van der Waals surface area contributed by atoms with Crippen molar-refractivity contribution in [3.8, 4) is 5.75 Å². The van der Waals surface area contributed by atoms with E-state index in [-0.39, 0.29) is 5.56 Å². The zero-order valence-electron chi connectivity index (χ0n) is 12.7. The molecule has 0 aromatic heterocycles. The first-order chi connectivity index (χ1) is 8.04. The monoisotopic (exact) mass is 172 g/mol. The van der Waals surface area contributed by atoms with Crippen LogP contribution in [0.15, 0.2) is 24.3 Å². The van der Waals surface area contributed by atoms with Crippen molar-refractivity contribution in [2.24, 2.45) is 0 Å². The van der Waals surface area contributed by atoms with E-state index in [2.05, 4.69) is 0 Å². The average molecular weight is 172 g/mol. The molecule has 0 saturated heterocycles. The van der Waals surface area contributed by atoms with Gasteiger partial charge in [-0.15, -0.1) is 0 Å². The summed E-state index contributed by atoms with van der Waals surface area (Å²) in [6, 6.07) is 5.43. The zero-order chi connectivity index (χ0) is 14.2. The second kappa shape index (κ2) is 4.12. The normalized spacial score (nSPS) is 24.8. The SMILES string of the molecule is [2H]C([2H])([2H])C([2H])(O)C([2H])([2H])c1ccc(OC)cc1. The molecule has 0 spiro atoms. The van der Waals surface area contributed by atoms with E-state index in [4.69, 9.17) is 13.0 Å². The fraction of sp³-hybridized carbons (Fsp3) is 0.400. The minimum atomic E-state index is -3.23. The summed E-state index contributed by atoms with van der Waals surface area (Å²) < 4.78 is 48.8. The van der Waals surface area contributed by atoms with Crippen molar-refractivity contribution in [3.05, 3.63) is 29.8 Å². The highest BCUT2D eigenvalue weighted by Gasteiger charge is 1.98. The molecule has 0 amide bonds. The summed E-state index contributed by atoms with van der Waals surface area (Å²) in [6.45, 7) is -3.16. The van der Waals surface area contributed by atoms with Crippen molar-refractivity contribution in [2.75, 3.05) is 7.11 Å². The van der Waals surface area contributed by atoms with E-state index in [1.165, 1.54) is 31.4 Å². The Morgan fingerprint density at radius 2 is 2.33 bits per heavy atom.